The summed E-state index contributed by atoms with van der Waals surface area (Å²) < 4.78 is 22.4. The van der Waals surface area contributed by atoms with Crippen LogP contribution in [0.15, 0.2) is 35.5 Å². The summed E-state index contributed by atoms with van der Waals surface area (Å²) in [6.45, 7) is 13.1. The molecule has 7 unspecified atom stereocenters. The summed E-state index contributed by atoms with van der Waals surface area (Å²) in [6, 6.07) is 0. The maximum Gasteiger partial charge on any atom is 0.332 e. The first kappa shape index (κ1) is 23.0. The Kier molecular flexibility index (Phi) is 4.53. The number of esters is 3. The molecule has 0 bridgehead atoms. The van der Waals surface area contributed by atoms with E-state index in [4.69, 9.17) is 18.9 Å². The zero-order valence-electron chi connectivity index (χ0n) is 20.4. The second-order valence-corrected chi connectivity index (χ2v) is 11.1. The molecule has 5 rings (SSSR count). The molecule has 34 heavy (non-hydrogen) atoms. The zero-order chi connectivity index (χ0) is 25.0. The third-order valence-electron chi connectivity index (χ3n) is 9.07. The number of rotatable bonds is 1. The largest absolute Gasteiger partial charge is 0.468 e. The number of cyclic esters (lactones) is 1. The van der Waals surface area contributed by atoms with Crippen molar-refractivity contribution in [3.63, 3.8) is 0 Å². The third kappa shape index (κ3) is 2.42. The first-order valence-corrected chi connectivity index (χ1v) is 11.6. The Bertz CT molecular complexity index is 1130. The van der Waals surface area contributed by atoms with E-state index < -0.39 is 69.8 Å². The molecule has 5 aliphatic rings. The van der Waals surface area contributed by atoms with E-state index in [0.717, 1.165) is 5.57 Å². The Balaban J connectivity index is 1.83. The number of fused-ring (bicyclic) bond motifs is 3. The highest BCUT2D eigenvalue weighted by Gasteiger charge is 2.81. The first-order valence-electron chi connectivity index (χ1n) is 11.6. The SMILES string of the molecule is C=C1C2=CC(=O)OC(C)(C)C2=CCC2(C)C1CC1(C)C(=O)OC3OC(C)C(=O)C2(C(=O)OC)C31. The van der Waals surface area contributed by atoms with Crippen molar-refractivity contribution < 1.29 is 38.1 Å². The molecule has 0 radical (unpaired) electrons. The van der Waals surface area contributed by atoms with Gasteiger partial charge in [0.1, 0.15) is 17.1 Å². The van der Waals surface area contributed by atoms with Crippen LogP contribution in [0.5, 0.6) is 0 Å². The van der Waals surface area contributed by atoms with Gasteiger partial charge in [-0.2, -0.15) is 0 Å². The molecule has 0 spiro atoms. The van der Waals surface area contributed by atoms with Gasteiger partial charge in [-0.1, -0.05) is 19.6 Å². The fourth-order valence-electron chi connectivity index (χ4n) is 7.44. The maximum atomic E-state index is 14.1. The minimum atomic E-state index is -1.71. The number of carbonyl (C=O) groups excluding carboxylic acids is 4. The van der Waals surface area contributed by atoms with Gasteiger partial charge in [0.05, 0.1) is 18.4 Å². The van der Waals surface area contributed by atoms with Crippen LogP contribution in [0, 0.1) is 28.1 Å². The van der Waals surface area contributed by atoms with Crippen molar-refractivity contribution in [2.75, 3.05) is 7.11 Å². The summed E-state index contributed by atoms with van der Waals surface area (Å²) in [5.41, 5.74) is -2.83. The molecule has 0 aromatic rings. The fraction of sp³-hybridized carbons (Fsp3) is 0.615. The number of ketones is 1. The van der Waals surface area contributed by atoms with Crippen LogP contribution in [0.2, 0.25) is 0 Å². The molecule has 3 aliphatic heterocycles. The molecule has 7 atom stereocenters. The van der Waals surface area contributed by atoms with Crippen molar-refractivity contribution in [3.05, 3.63) is 35.5 Å². The lowest BCUT2D eigenvalue weighted by Gasteiger charge is -2.61. The van der Waals surface area contributed by atoms with E-state index in [2.05, 4.69) is 6.58 Å². The smallest absolute Gasteiger partial charge is 0.332 e. The number of hydrogen-bond acceptors (Lipinski definition) is 8. The lowest BCUT2D eigenvalue weighted by atomic mass is 9.39. The van der Waals surface area contributed by atoms with Gasteiger partial charge >= 0.3 is 17.9 Å². The Morgan fingerprint density at radius 3 is 2.50 bits per heavy atom. The zero-order valence-corrected chi connectivity index (χ0v) is 20.4. The molecule has 0 aromatic carbocycles. The van der Waals surface area contributed by atoms with Gasteiger partial charge in [-0.15, -0.1) is 0 Å². The molecule has 3 heterocycles. The molecule has 2 saturated heterocycles. The Labute approximate surface area is 198 Å². The average Bonchev–Trinajstić information content (AvgIpc) is 2.93. The summed E-state index contributed by atoms with van der Waals surface area (Å²) in [7, 11) is 1.25. The summed E-state index contributed by atoms with van der Waals surface area (Å²) in [4.78, 5) is 53.6. The van der Waals surface area contributed by atoms with Crippen LogP contribution < -0.4 is 0 Å². The lowest BCUT2D eigenvalue weighted by molar-refractivity contribution is -0.250. The normalized spacial score (nSPS) is 44.4. The Morgan fingerprint density at radius 2 is 1.85 bits per heavy atom. The molecule has 2 aliphatic carbocycles. The van der Waals surface area contributed by atoms with E-state index in [1.807, 2.05) is 13.0 Å². The Hall–Kier alpha value is -2.74. The summed E-state index contributed by atoms with van der Waals surface area (Å²) in [6.07, 6.45) is 1.95. The highest BCUT2D eigenvalue weighted by Crippen LogP contribution is 2.72. The van der Waals surface area contributed by atoms with Crippen LogP contribution in [-0.2, 0) is 38.1 Å². The van der Waals surface area contributed by atoms with Crippen molar-refractivity contribution in [3.8, 4) is 0 Å². The predicted molar refractivity (Wildman–Crippen MR) is 118 cm³/mol. The quantitative estimate of drug-likeness (QED) is 0.327. The molecule has 182 valence electrons. The summed E-state index contributed by atoms with van der Waals surface area (Å²) in [5.74, 6) is -3.46. The lowest BCUT2D eigenvalue weighted by Crippen LogP contribution is -2.72. The van der Waals surface area contributed by atoms with Crippen LogP contribution in [0.1, 0.15) is 47.5 Å². The molecular formula is C26H30O8. The van der Waals surface area contributed by atoms with Crippen molar-refractivity contribution in [2.45, 2.75) is 65.5 Å². The molecule has 0 amide bonds. The summed E-state index contributed by atoms with van der Waals surface area (Å²) in [5, 5.41) is 0. The Morgan fingerprint density at radius 1 is 1.18 bits per heavy atom. The predicted octanol–water partition coefficient (Wildman–Crippen LogP) is 2.81. The van der Waals surface area contributed by atoms with Gasteiger partial charge in [0.25, 0.3) is 0 Å². The van der Waals surface area contributed by atoms with Gasteiger partial charge in [0.15, 0.2) is 5.78 Å². The van der Waals surface area contributed by atoms with E-state index in [9.17, 15) is 19.2 Å². The summed E-state index contributed by atoms with van der Waals surface area (Å²) >= 11 is 0. The number of ether oxygens (including phenoxy) is 4. The van der Waals surface area contributed by atoms with E-state index in [0.29, 0.717) is 24.0 Å². The standard InChI is InChI=1S/C26H30O8/c1-12-14-10-17(27)34-23(3,4)15(14)8-9-25(6)16(12)11-24(5)18-20(33-21(24)29)32-13(2)19(28)26(18,25)22(30)31-7/h8,10,13,16,18,20H,1,9,11H2,2-7H3. The van der Waals surface area contributed by atoms with Crippen LogP contribution >= 0.6 is 0 Å². The van der Waals surface area contributed by atoms with Gasteiger partial charge in [0, 0.05) is 11.5 Å². The first-order chi connectivity index (χ1) is 15.8. The van der Waals surface area contributed by atoms with E-state index in [-0.39, 0.29) is 0 Å². The monoisotopic (exact) mass is 470 g/mol. The van der Waals surface area contributed by atoms with Gasteiger partial charge in [-0.3, -0.25) is 14.4 Å². The highest BCUT2D eigenvalue weighted by molar-refractivity contribution is 6.09. The molecule has 1 saturated carbocycles. The molecular weight excluding hydrogens is 440 g/mol. The molecule has 0 N–H and O–H groups in total. The second kappa shape index (κ2) is 6.68. The number of Topliss-reactive ketones (excluding diaryl/α,β-unsaturated/α-hetero) is 1. The number of methoxy groups -OCH3 is 1. The second-order valence-electron chi connectivity index (χ2n) is 11.1. The average molecular weight is 471 g/mol. The maximum absolute atomic E-state index is 14.1. The van der Waals surface area contributed by atoms with Crippen LogP contribution in [0.4, 0.5) is 0 Å². The topological polar surface area (TPSA) is 105 Å². The highest BCUT2D eigenvalue weighted by atomic mass is 16.7. The van der Waals surface area contributed by atoms with Gasteiger partial charge in [0.2, 0.25) is 6.29 Å². The molecule has 8 heteroatoms. The number of carbonyl (C=O) groups is 4. The minimum Gasteiger partial charge on any atom is -0.468 e. The van der Waals surface area contributed by atoms with E-state index >= 15 is 0 Å². The van der Waals surface area contributed by atoms with Crippen molar-refractivity contribution in [2.24, 2.45) is 28.1 Å². The van der Waals surface area contributed by atoms with E-state index in [1.165, 1.54) is 13.2 Å². The minimum absolute atomic E-state index is 0.292. The molecule has 0 aromatic heterocycles. The van der Waals surface area contributed by atoms with Gasteiger partial charge < -0.3 is 18.9 Å². The number of allylic oxidation sites excluding steroid dienone is 2. The van der Waals surface area contributed by atoms with Crippen molar-refractivity contribution >= 4 is 23.7 Å². The number of hydrogen-bond donors (Lipinski definition) is 0. The van der Waals surface area contributed by atoms with Gasteiger partial charge in [-0.25, -0.2) is 4.79 Å². The molecule has 3 fully saturated rings. The van der Waals surface area contributed by atoms with Crippen LogP contribution in [-0.4, -0.2) is 48.8 Å². The molecule has 8 nitrogen and oxygen atoms in total. The third-order valence-corrected chi connectivity index (χ3v) is 9.07. The fourth-order valence-corrected chi connectivity index (χ4v) is 7.44. The van der Waals surface area contributed by atoms with Crippen LogP contribution in [0.3, 0.4) is 0 Å². The van der Waals surface area contributed by atoms with E-state index in [1.54, 1.807) is 27.7 Å². The van der Waals surface area contributed by atoms with Crippen molar-refractivity contribution in [1.29, 1.82) is 0 Å². The van der Waals surface area contributed by atoms with Crippen molar-refractivity contribution in [1.82, 2.24) is 0 Å². The van der Waals surface area contributed by atoms with Gasteiger partial charge in [-0.05, 0) is 63.2 Å². The van der Waals surface area contributed by atoms with Crippen LogP contribution in [0.25, 0.3) is 0 Å².